The predicted octanol–water partition coefficient (Wildman–Crippen LogP) is 0.417. The van der Waals surface area contributed by atoms with Crippen LogP contribution in [0.15, 0.2) is 24.3 Å². The number of nitrogens with one attached hydrogen (secondary N) is 3. The van der Waals surface area contributed by atoms with E-state index in [1.165, 1.54) is 6.07 Å². The summed E-state index contributed by atoms with van der Waals surface area (Å²) in [5.74, 6) is -0.297. The van der Waals surface area contributed by atoms with Gasteiger partial charge in [0.15, 0.2) is 5.11 Å². The van der Waals surface area contributed by atoms with Gasteiger partial charge in [-0.05, 0) is 24.4 Å². The normalized spacial score (nSPS) is 15.8. The highest BCUT2D eigenvalue weighted by molar-refractivity contribution is 7.80. The molecule has 0 aromatic heterocycles. The van der Waals surface area contributed by atoms with Crippen molar-refractivity contribution in [2.75, 3.05) is 44.7 Å². The largest absolute Gasteiger partial charge is 0.370 e. The van der Waals surface area contributed by atoms with Crippen molar-refractivity contribution in [1.29, 1.82) is 0 Å². The summed E-state index contributed by atoms with van der Waals surface area (Å²) in [6.45, 7) is 5.78. The van der Waals surface area contributed by atoms with Crippen molar-refractivity contribution in [1.82, 2.24) is 5.32 Å². The molecule has 3 N–H and O–H groups in total. The molecule has 1 fully saturated rings. The van der Waals surface area contributed by atoms with Crippen LogP contribution >= 0.6 is 12.2 Å². The van der Waals surface area contributed by atoms with Gasteiger partial charge in [-0.1, -0.05) is 12.1 Å². The maximum atomic E-state index is 13.4. The van der Waals surface area contributed by atoms with Gasteiger partial charge in [-0.2, -0.15) is 0 Å². The highest BCUT2D eigenvalue weighted by Gasteiger charge is 2.12. The number of hydrogen-bond donors (Lipinski definition) is 3. The number of thiocarbonyl (C=S) groups is 1. The van der Waals surface area contributed by atoms with Gasteiger partial charge in [0.25, 0.3) is 0 Å². The molecular weight excluding hydrogens is 277 g/mol. The molecule has 4 nitrogen and oxygen atoms in total. The van der Waals surface area contributed by atoms with E-state index < -0.39 is 0 Å². The maximum absolute atomic E-state index is 13.4. The fraction of sp³-hybridized carbons (Fsp3) is 0.500. The van der Waals surface area contributed by atoms with Gasteiger partial charge >= 0.3 is 0 Å². The van der Waals surface area contributed by atoms with Crippen molar-refractivity contribution >= 4 is 23.0 Å². The number of para-hydroxylation sites is 1. The van der Waals surface area contributed by atoms with Gasteiger partial charge in [0, 0.05) is 13.0 Å². The third kappa shape index (κ3) is 5.03. The summed E-state index contributed by atoms with van der Waals surface area (Å²) in [5.41, 5.74) is 0.406. The number of quaternary nitrogens is 1. The van der Waals surface area contributed by atoms with Gasteiger partial charge in [0.05, 0.1) is 25.4 Å². The molecule has 110 valence electrons. The lowest BCUT2D eigenvalue weighted by atomic mass is 10.3. The molecule has 0 radical (unpaired) electrons. The molecule has 0 spiro atoms. The van der Waals surface area contributed by atoms with Crippen LogP contribution < -0.4 is 15.5 Å². The Morgan fingerprint density at radius 3 is 2.80 bits per heavy atom. The second kappa shape index (κ2) is 8.14. The van der Waals surface area contributed by atoms with Crippen molar-refractivity contribution in [3.8, 4) is 0 Å². The second-order valence-corrected chi connectivity index (χ2v) is 5.23. The summed E-state index contributed by atoms with van der Waals surface area (Å²) in [6.07, 6.45) is 1.04. The Kier molecular flexibility index (Phi) is 6.17. The van der Waals surface area contributed by atoms with Crippen molar-refractivity contribution in [2.24, 2.45) is 0 Å². The second-order valence-electron chi connectivity index (χ2n) is 4.83. The molecule has 1 aromatic rings. The average Bonchev–Trinajstić information content (AvgIpc) is 2.47. The Bertz CT molecular complexity index is 438. The first-order valence-corrected chi connectivity index (χ1v) is 7.37. The summed E-state index contributed by atoms with van der Waals surface area (Å²) in [5, 5.41) is 6.44. The van der Waals surface area contributed by atoms with Crippen LogP contribution in [0.3, 0.4) is 0 Å². The zero-order chi connectivity index (χ0) is 14.2. The number of rotatable bonds is 5. The van der Waals surface area contributed by atoms with E-state index in [2.05, 4.69) is 10.6 Å². The molecule has 0 atom stereocenters. The smallest absolute Gasteiger partial charge is 0.170 e. The minimum atomic E-state index is -0.297. The first-order valence-electron chi connectivity index (χ1n) is 6.96. The summed E-state index contributed by atoms with van der Waals surface area (Å²) in [7, 11) is 0. The molecule has 20 heavy (non-hydrogen) atoms. The lowest BCUT2D eigenvalue weighted by molar-refractivity contribution is -0.908. The minimum Gasteiger partial charge on any atom is -0.370 e. The predicted molar refractivity (Wildman–Crippen MR) is 81.6 cm³/mol. The standard InChI is InChI=1S/C14H20FN3OS/c15-12-4-1-2-5-13(12)17-14(20)16-6-3-7-18-8-10-19-11-9-18/h1-2,4-5H,3,6-11H2,(H2,16,17,20)/p+1. The van der Waals surface area contributed by atoms with E-state index in [4.69, 9.17) is 17.0 Å². The molecule has 1 saturated heterocycles. The summed E-state index contributed by atoms with van der Waals surface area (Å²) >= 11 is 5.15. The number of halogens is 1. The van der Waals surface area contributed by atoms with E-state index in [-0.39, 0.29) is 5.82 Å². The van der Waals surface area contributed by atoms with E-state index in [0.717, 1.165) is 45.8 Å². The molecule has 0 unspecified atom stereocenters. The molecule has 6 heteroatoms. The first-order chi connectivity index (χ1) is 9.75. The first kappa shape index (κ1) is 15.2. The highest BCUT2D eigenvalue weighted by atomic mass is 32.1. The number of morpholine rings is 1. The topological polar surface area (TPSA) is 37.7 Å². The van der Waals surface area contributed by atoms with E-state index in [0.29, 0.717) is 10.8 Å². The van der Waals surface area contributed by atoms with Crippen LogP contribution in [-0.2, 0) is 4.74 Å². The molecule has 1 aliphatic rings. The van der Waals surface area contributed by atoms with E-state index in [1.54, 1.807) is 23.1 Å². The van der Waals surface area contributed by atoms with Crippen LogP contribution in [0.1, 0.15) is 6.42 Å². The molecule has 0 amide bonds. The highest BCUT2D eigenvalue weighted by Crippen LogP contribution is 2.11. The van der Waals surface area contributed by atoms with Crippen molar-refractivity contribution in [3.63, 3.8) is 0 Å². The van der Waals surface area contributed by atoms with Crippen LogP contribution in [0.2, 0.25) is 0 Å². The third-order valence-corrected chi connectivity index (χ3v) is 3.56. The summed E-state index contributed by atoms with van der Waals surface area (Å²) in [6, 6.07) is 6.51. The average molecular weight is 298 g/mol. The fourth-order valence-corrected chi connectivity index (χ4v) is 2.39. The maximum Gasteiger partial charge on any atom is 0.170 e. The quantitative estimate of drug-likeness (QED) is 0.544. The van der Waals surface area contributed by atoms with Crippen LogP contribution in [0.5, 0.6) is 0 Å². The van der Waals surface area contributed by atoms with Crippen LogP contribution in [-0.4, -0.2) is 44.5 Å². The zero-order valence-electron chi connectivity index (χ0n) is 11.5. The monoisotopic (exact) mass is 298 g/mol. The third-order valence-electron chi connectivity index (χ3n) is 3.31. The lowest BCUT2D eigenvalue weighted by Gasteiger charge is -2.23. The molecular formula is C14H21FN3OS+. The molecule has 1 aromatic carbocycles. The lowest BCUT2D eigenvalue weighted by Crippen LogP contribution is -3.14. The SMILES string of the molecule is Fc1ccccc1NC(=S)NCCC[NH+]1CCOCC1. The number of anilines is 1. The number of ether oxygens (including phenoxy) is 1. The van der Waals surface area contributed by atoms with Crippen LogP contribution in [0.4, 0.5) is 10.1 Å². The van der Waals surface area contributed by atoms with Crippen molar-refractivity contribution in [2.45, 2.75) is 6.42 Å². The van der Waals surface area contributed by atoms with Crippen molar-refractivity contribution in [3.05, 3.63) is 30.1 Å². The van der Waals surface area contributed by atoms with Crippen LogP contribution in [0, 0.1) is 5.82 Å². The minimum absolute atomic E-state index is 0.297. The van der Waals surface area contributed by atoms with Gasteiger partial charge in [-0.3, -0.25) is 0 Å². The van der Waals surface area contributed by atoms with E-state index >= 15 is 0 Å². The van der Waals surface area contributed by atoms with Gasteiger partial charge in [-0.25, -0.2) is 4.39 Å². The Balaban J connectivity index is 1.61. The van der Waals surface area contributed by atoms with Gasteiger partial charge in [0.1, 0.15) is 18.9 Å². The van der Waals surface area contributed by atoms with E-state index in [9.17, 15) is 4.39 Å². The summed E-state index contributed by atoms with van der Waals surface area (Å²) < 4.78 is 18.7. The summed E-state index contributed by atoms with van der Waals surface area (Å²) in [4.78, 5) is 1.58. The Morgan fingerprint density at radius 1 is 1.30 bits per heavy atom. The van der Waals surface area contributed by atoms with Gasteiger partial charge in [0.2, 0.25) is 0 Å². The Hall–Kier alpha value is -1.24. The molecule has 1 aliphatic heterocycles. The molecule has 2 rings (SSSR count). The van der Waals surface area contributed by atoms with Gasteiger partial charge in [-0.15, -0.1) is 0 Å². The molecule has 0 saturated carbocycles. The Labute approximate surface area is 124 Å². The molecule has 1 heterocycles. The van der Waals surface area contributed by atoms with Crippen LogP contribution in [0.25, 0.3) is 0 Å². The number of hydrogen-bond acceptors (Lipinski definition) is 2. The number of benzene rings is 1. The van der Waals surface area contributed by atoms with Gasteiger partial charge < -0.3 is 20.3 Å². The molecule has 0 bridgehead atoms. The van der Waals surface area contributed by atoms with E-state index in [1.807, 2.05) is 0 Å². The van der Waals surface area contributed by atoms with Crippen molar-refractivity contribution < 1.29 is 14.0 Å². The fourth-order valence-electron chi connectivity index (χ4n) is 2.18. The zero-order valence-corrected chi connectivity index (χ0v) is 12.3. The molecule has 0 aliphatic carbocycles. The Morgan fingerprint density at radius 2 is 2.05 bits per heavy atom.